The third kappa shape index (κ3) is 3.98. The summed E-state index contributed by atoms with van der Waals surface area (Å²) >= 11 is 0. The summed E-state index contributed by atoms with van der Waals surface area (Å²) in [5.41, 5.74) is 0.829. The minimum atomic E-state index is -0.627. The van der Waals surface area contributed by atoms with Crippen LogP contribution >= 0.6 is 0 Å². The van der Waals surface area contributed by atoms with Gasteiger partial charge in [0.15, 0.2) is 0 Å². The Morgan fingerprint density at radius 3 is 2.46 bits per heavy atom. The number of carbonyl (C=O) groups is 3. The van der Waals surface area contributed by atoms with Gasteiger partial charge < -0.3 is 19.9 Å². The minimum absolute atomic E-state index is 0.00764. The highest BCUT2D eigenvalue weighted by molar-refractivity contribution is 6.09. The van der Waals surface area contributed by atoms with Gasteiger partial charge in [0.1, 0.15) is 5.92 Å². The lowest BCUT2D eigenvalue weighted by Crippen LogP contribution is -2.48. The molecule has 0 bridgehead atoms. The van der Waals surface area contributed by atoms with Crippen LogP contribution in [0.15, 0.2) is 30.3 Å². The molecule has 3 rings (SSSR count). The molecule has 7 heteroatoms. The molecular formula is C19H25N3O4. The van der Waals surface area contributed by atoms with Crippen LogP contribution in [0.4, 0.5) is 10.5 Å². The van der Waals surface area contributed by atoms with Gasteiger partial charge >= 0.3 is 6.09 Å². The molecule has 0 aliphatic carbocycles. The molecule has 0 aromatic heterocycles. The summed E-state index contributed by atoms with van der Waals surface area (Å²) in [5.74, 6) is -0.973. The smallest absolute Gasteiger partial charge is 0.409 e. The van der Waals surface area contributed by atoms with Gasteiger partial charge in [0.25, 0.3) is 0 Å². The molecule has 1 aromatic rings. The topological polar surface area (TPSA) is 79.0 Å². The van der Waals surface area contributed by atoms with Crippen molar-refractivity contribution in [2.24, 2.45) is 5.92 Å². The lowest BCUT2D eigenvalue weighted by Gasteiger charge is -2.32. The summed E-state index contributed by atoms with van der Waals surface area (Å²) in [4.78, 5) is 40.2. The Bertz CT molecular complexity index is 656. The highest BCUT2D eigenvalue weighted by Crippen LogP contribution is 2.25. The number of hydrogen-bond acceptors (Lipinski definition) is 4. The van der Waals surface area contributed by atoms with Gasteiger partial charge in [0, 0.05) is 31.4 Å². The predicted molar refractivity (Wildman–Crippen MR) is 96.7 cm³/mol. The lowest BCUT2D eigenvalue weighted by atomic mass is 10.0. The fourth-order valence-corrected chi connectivity index (χ4v) is 3.51. The molecular weight excluding hydrogens is 334 g/mol. The number of hydrogen-bond donors (Lipinski definition) is 1. The van der Waals surface area contributed by atoms with E-state index in [-0.39, 0.29) is 23.9 Å². The van der Waals surface area contributed by atoms with Gasteiger partial charge in [0.05, 0.1) is 6.61 Å². The number of nitrogens with one attached hydrogen (secondary N) is 1. The van der Waals surface area contributed by atoms with Gasteiger partial charge in [-0.2, -0.15) is 0 Å². The first-order valence-corrected chi connectivity index (χ1v) is 9.18. The molecule has 26 heavy (non-hydrogen) atoms. The molecule has 7 nitrogen and oxygen atoms in total. The Labute approximate surface area is 153 Å². The molecule has 0 unspecified atom stereocenters. The van der Waals surface area contributed by atoms with Crippen molar-refractivity contribution in [2.75, 3.05) is 31.1 Å². The molecule has 0 spiro atoms. The zero-order valence-electron chi connectivity index (χ0n) is 15.0. The predicted octanol–water partition coefficient (Wildman–Crippen LogP) is 1.78. The number of nitrogens with zero attached hydrogens (tertiary/aromatic N) is 2. The van der Waals surface area contributed by atoms with Crippen LogP contribution in [0.25, 0.3) is 0 Å². The second-order valence-corrected chi connectivity index (χ2v) is 6.64. The molecule has 0 radical (unpaired) electrons. The van der Waals surface area contributed by atoms with Crippen molar-refractivity contribution in [3.63, 3.8) is 0 Å². The molecule has 2 saturated heterocycles. The van der Waals surface area contributed by atoms with Crippen LogP contribution < -0.4 is 10.2 Å². The molecule has 2 aliphatic heterocycles. The first kappa shape index (κ1) is 18.2. The van der Waals surface area contributed by atoms with Crippen LogP contribution in [0.5, 0.6) is 0 Å². The maximum atomic E-state index is 12.6. The first-order valence-electron chi connectivity index (χ1n) is 9.18. The van der Waals surface area contributed by atoms with E-state index in [2.05, 4.69) is 5.32 Å². The molecule has 2 heterocycles. The minimum Gasteiger partial charge on any atom is -0.450 e. The molecule has 1 aromatic carbocycles. The maximum Gasteiger partial charge on any atom is 0.409 e. The standard InChI is InChI=1S/C19H25N3O4/c1-2-26-19(25)21-11-8-14(9-12-21)20-17(23)16-10-13-22(18(16)24)15-6-4-3-5-7-15/h3-7,14,16H,2,8-13H2,1H3,(H,20,23)/t16-/m0/s1. The highest BCUT2D eigenvalue weighted by Gasteiger charge is 2.38. The van der Waals surface area contributed by atoms with Crippen LogP contribution in [-0.2, 0) is 14.3 Å². The van der Waals surface area contributed by atoms with Gasteiger partial charge in [-0.15, -0.1) is 0 Å². The number of anilines is 1. The maximum absolute atomic E-state index is 12.6. The SMILES string of the molecule is CCOC(=O)N1CCC(NC(=O)[C@@H]2CCN(c3ccccc3)C2=O)CC1. The van der Waals surface area contributed by atoms with Crippen LogP contribution in [-0.4, -0.2) is 55.1 Å². The van der Waals surface area contributed by atoms with E-state index in [1.165, 1.54) is 0 Å². The van der Waals surface area contributed by atoms with E-state index in [4.69, 9.17) is 4.74 Å². The number of carbonyl (C=O) groups excluding carboxylic acids is 3. The third-order valence-corrected chi connectivity index (χ3v) is 4.96. The largest absolute Gasteiger partial charge is 0.450 e. The van der Waals surface area contributed by atoms with E-state index >= 15 is 0 Å². The van der Waals surface area contributed by atoms with Gasteiger partial charge in [0.2, 0.25) is 11.8 Å². The van der Waals surface area contributed by atoms with Crippen molar-refractivity contribution in [1.82, 2.24) is 10.2 Å². The van der Waals surface area contributed by atoms with Crippen LogP contribution in [0.3, 0.4) is 0 Å². The van der Waals surface area contributed by atoms with E-state index in [9.17, 15) is 14.4 Å². The fraction of sp³-hybridized carbons (Fsp3) is 0.526. The zero-order valence-corrected chi connectivity index (χ0v) is 15.0. The van der Waals surface area contributed by atoms with Gasteiger partial charge in [-0.1, -0.05) is 18.2 Å². The van der Waals surface area contributed by atoms with Crippen molar-refractivity contribution in [3.05, 3.63) is 30.3 Å². The van der Waals surface area contributed by atoms with E-state index in [1.54, 1.807) is 16.7 Å². The summed E-state index contributed by atoms with van der Waals surface area (Å²) in [6, 6.07) is 9.41. The van der Waals surface area contributed by atoms with Gasteiger partial charge in [-0.3, -0.25) is 9.59 Å². The van der Waals surface area contributed by atoms with Crippen molar-refractivity contribution in [1.29, 1.82) is 0 Å². The van der Waals surface area contributed by atoms with Gasteiger partial charge in [-0.05, 0) is 38.3 Å². The van der Waals surface area contributed by atoms with E-state index < -0.39 is 5.92 Å². The summed E-state index contributed by atoms with van der Waals surface area (Å²) in [7, 11) is 0. The number of ether oxygens (including phenoxy) is 1. The summed E-state index contributed by atoms with van der Waals surface area (Å²) in [6.45, 7) is 3.80. The van der Waals surface area contributed by atoms with Gasteiger partial charge in [-0.25, -0.2) is 4.79 Å². The molecule has 140 valence electrons. The number of likely N-dealkylation sites (tertiary alicyclic amines) is 1. The van der Waals surface area contributed by atoms with Crippen LogP contribution in [0, 0.1) is 5.92 Å². The molecule has 3 amide bonds. The fourth-order valence-electron chi connectivity index (χ4n) is 3.51. The van der Waals surface area contributed by atoms with E-state index in [1.807, 2.05) is 30.3 Å². The molecule has 1 atom stereocenters. The average molecular weight is 359 g/mol. The quantitative estimate of drug-likeness (QED) is 0.831. The van der Waals surface area contributed by atoms with Crippen molar-refractivity contribution in [2.45, 2.75) is 32.2 Å². The number of piperidine rings is 1. The average Bonchev–Trinajstić information content (AvgIpc) is 3.05. The number of amides is 3. The Hall–Kier alpha value is -2.57. The second kappa shape index (κ2) is 8.21. The van der Waals surface area contributed by atoms with E-state index in [0.717, 1.165) is 5.69 Å². The zero-order chi connectivity index (χ0) is 18.5. The van der Waals surface area contributed by atoms with Crippen molar-refractivity contribution >= 4 is 23.6 Å². The monoisotopic (exact) mass is 359 g/mol. The Morgan fingerprint density at radius 1 is 1.12 bits per heavy atom. The Kier molecular flexibility index (Phi) is 5.75. The van der Waals surface area contributed by atoms with Crippen molar-refractivity contribution in [3.8, 4) is 0 Å². The molecule has 2 fully saturated rings. The summed E-state index contributed by atoms with van der Waals surface area (Å²) in [6.07, 6.45) is 1.57. The molecule has 2 aliphatic rings. The van der Waals surface area contributed by atoms with Crippen molar-refractivity contribution < 1.29 is 19.1 Å². The Morgan fingerprint density at radius 2 is 1.81 bits per heavy atom. The number of rotatable bonds is 4. The van der Waals surface area contributed by atoms with Crippen LogP contribution in [0.2, 0.25) is 0 Å². The Balaban J connectivity index is 1.50. The summed E-state index contributed by atoms with van der Waals surface area (Å²) in [5, 5.41) is 2.99. The summed E-state index contributed by atoms with van der Waals surface area (Å²) < 4.78 is 5.00. The normalized spacial score (nSPS) is 21.0. The van der Waals surface area contributed by atoms with E-state index in [0.29, 0.717) is 45.5 Å². The lowest BCUT2D eigenvalue weighted by molar-refractivity contribution is -0.132. The number of para-hydroxylation sites is 1. The molecule has 1 N–H and O–H groups in total. The third-order valence-electron chi connectivity index (χ3n) is 4.96. The molecule has 0 saturated carbocycles. The number of benzene rings is 1. The first-order chi connectivity index (χ1) is 12.6. The second-order valence-electron chi connectivity index (χ2n) is 6.64. The van der Waals surface area contributed by atoms with Crippen LogP contribution in [0.1, 0.15) is 26.2 Å². The highest BCUT2D eigenvalue weighted by atomic mass is 16.6.